The molecule has 2 bridgehead atoms. The Balaban J connectivity index is 1.56. The standard InChI is InChI=1S/C16H30N2O/c1-2-8-17-13-10-14-5-3-6-15(11-13)18(14)12-16-7-4-9-19-16/h13-17H,2-12H2,1H3. The van der Waals surface area contributed by atoms with Gasteiger partial charge in [0.2, 0.25) is 0 Å². The Morgan fingerprint density at radius 1 is 1.11 bits per heavy atom. The molecule has 3 aliphatic heterocycles. The van der Waals surface area contributed by atoms with Crippen LogP contribution in [0.4, 0.5) is 0 Å². The highest BCUT2D eigenvalue weighted by molar-refractivity contribution is 4.96. The molecule has 0 amide bonds. The Bertz CT molecular complexity index is 264. The van der Waals surface area contributed by atoms with Crippen molar-refractivity contribution in [3.8, 4) is 0 Å². The Hall–Kier alpha value is -0.120. The molecule has 0 aliphatic carbocycles. The van der Waals surface area contributed by atoms with Gasteiger partial charge >= 0.3 is 0 Å². The lowest BCUT2D eigenvalue weighted by Gasteiger charge is -2.49. The van der Waals surface area contributed by atoms with Gasteiger partial charge in [-0.25, -0.2) is 0 Å². The molecular weight excluding hydrogens is 236 g/mol. The summed E-state index contributed by atoms with van der Waals surface area (Å²) in [7, 11) is 0. The fourth-order valence-corrected chi connectivity index (χ4v) is 4.32. The summed E-state index contributed by atoms with van der Waals surface area (Å²) in [5.41, 5.74) is 0. The molecule has 3 unspecified atom stereocenters. The van der Waals surface area contributed by atoms with E-state index in [0.717, 1.165) is 24.7 Å². The minimum absolute atomic E-state index is 0.531. The molecule has 19 heavy (non-hydrogen) atoms. The quantitative estimate of drug-likeness (QED) is 0.827. The van der Waals surface area contributed by atoms with E-state index in [1.54, 1.807) is 0 Å². The number of piperidine rings is 2. The highest BCUT2D eigenvalue weighted by atomic mass is 16.5. The summed E-state index contributed by atoms with van der Waals surface area (Å²) in [4.78, 5) is 2.81. The topological polar surface area (TPSA) is 24.5 Å². The first-order valence-electron chi connectivity index (χ1n) is 8.47. The van der Waals surface area contributed by atoms with Crippen molar-refractivity contribution in [2.24, 2.45) is 0 Å². The summed E-state index contributed by atoms with van der Waals surface area (Å²) >= 11 is 0. The van der Waals surface area contributed by atoms with Crippen LogP contribution in [0.5, 0.6) is 0 Å². The molecule has 3 saturated heterocycles. The first-order chi connectivity index (χ1) is 9.36. The van der Waals surface area contributed by atoms with Crippen LogP contribution < -0.4 is 5.32 Å². The highest BCUT2D eigenvalue weighted by Crippen LogP contribution is 2.35. The van der Waals surface area contributed by atoms with Crippen molar-refractivity contribution >= 4 is 0 Å². The third kappa shape index (κ3) is 3.32. The Labute approximate surface area is 118 Å². The predicted molar refractivity (Wildman–Crippen MR) is 78.4 cm³/mol. The Morgan fingerprint density at radius 2 is 1.89 bits per heavy atom. The summed E-state index contributed by atoms with van der Waals surface area (Å²) in [6, 6.07) is 2.42. The van der Waals surface area contributed by atoms with Gasteiger partial charge in [-0.15, -0.1) is 0 Å². The van der Waals surface area contributed by atoms with E-state index < -0.39 is 0 Å². The lowest BCUT2D eigenvalue weighted by molar-refractivity contribution is -0.0170. The number of rotatable bonds is 5. The van der Waals surface area contributed by atoms with Gasteiger partial charge in [-0.05, 0) is 51.5 Å². The largest absolute Gasteiger partial charge is 0.377 e. The molecule has 0 radical (unpaired) electrons. The molecule has 110 valence electrons. The van der Waals surface area contributed by atoms with Gasteiger partial charge in [-0.3, -0.25) is 4.90 Å². The van der Waals surface area contributed by atoms with Gasteiger partial charge in [0.15, 0.2) is 0 Å². The normalized spacial score (nSPS) is 39.6. The smallest absolute Gasteiger partial charge is 0.0703 e. The van der Waals surface area contributed by atoms with Gasteiger partial charge in [0.25, 0.3) is 0 Å². The second-order valence-corrected chi connectivity index (χ2v) is 6.69. The Kier molecular flexibility index (Phi) is 4.78. The fourth-order valence-electron chi connectivity index (χ4n) is 4.32. The van der Waals surface area contributed by atoms with E-state index in [2.05, 4.69) is 17.1 Å². The van der Waals surface area contributed by atoms with Crippen LogP contribution in [0.15, 0.2) is 0 Å². The van der Waals surface area contributed by atoms with Gasteiger partial charge in [-0.2, -0.15) is 0 Å². The maximum atomic E-state index is 5.86. The number of fused-ring (bicyclic) bond motifs is 2. The third-order valence-corrected chi connectivity index (χ3v) is 5.25. The van der Waals surface area contributed by atoms with Crippen LogP contribution in [-0.4, -0.2) is 48.8 Å². The van der Waals surface area contributed by atoms with E-state index in [1.807, 2.05) is 0 Å². The van der Waals surface area contributed by atoms with Gasteiger partial charge < -0.3 is 10.1 Å². The lowest BCUT2D eigenvalue weighted by atomic mass is 9.81. The zero-order valence-corrected chi connectivity index (χ0v) is 12.4. The summed E-state index contributed by atoms with van der Waals surface area (Å²) < 4.78 is 5.86. The van der Waals surface area contributed by atoms with Gasteiger partial charge in [0.1, 0.15) is 0 Å². The minimum atomic E-state index is 0.531. The number of nitrogens with zero attached hydrogens (tertiary/aromatic N) is 1. The maximum absolute atomic E-state index is 5.86. The molecule has 3 aliphatic rings. The summed E-state index contributed by atoms with van der Waals surface area (Å²) in [6.45, 7) is 5.65. The van der Waals surface area contributed by atoms with Crippen molar-refractivity contribution in [2.75, 3.05) is 19.7 Å². The van der Waals surface area contributed by atoms with Crippen molar-refractivity contribution in [2.45, 2.75) is 82.5 Å². The van der Waals surface area contributed by atoms with Crippen LogP contribution in [0.3, 0.4) is 0 Å². The van der Waals surface area contributed by atoms with Crippen molar-refractivity contribution in [3.05, 3.63) is 0 Å². The minimum Gasteiger partial charge on any atom is -0.377 e. The second-order valence-electron chi connectivity index (χ2n) is 6.69. The molecular formula is C16H30N2O. The van der Waals surface area contributed by atoms with Crippen LogP contribution in [-0.2, 0) is 4.74 Å². The molecule has 3 heterocycles. The second kappa shape index (κ2) is 6.55. The van der Waals surface area contributed by atoms with Crippen molar-refractivity contribution in [1.29, 1.82) is 0 Å². The first kappa shape index (κ1) is 13.8. The molecule has 3 nitrogen and oxygen atoms in total. The highest BCUT2D eigenvalue weighted by Gasteiger charge is 2.39. The van der Waals surface area contributed by atoms with Crippen LogP contribution in [0.1, 0.15) is 58.3 Å². The zero-order chi connectivity index (χ0) is 13.1. The SMILES string of the molecule is CCCNC1CC2CCCC(C1)N2CC1CCCO1. The summed E-state index contributed by atoms with van der Waals surface area (Å²) in [5, 5.41) is 3.76. The van der Waals surface area contributed by atoms with E-state index in [9.17, 15) is 0 Å². The van der Waals surface area contributed by atoms with Crippen LogP contribution >= 0.6 is 0 Å². The van der Waals surface area contributed by atoms with E-state index in [0.29, 0.717) is 6.10 Å². The molecule has 3 fully saturated rings. The summed E-state index contributed by atoms with van der Waals surface area (Å²) in [6.07, 6.45) is 11.3. The van der Waals surface area contributed by atoms with Gasteiger partial charge in [0.05, 0.1) is 6.10 Å². The molecule has 0 aromatic rings. The van der Waals surface area contributed by atoms with E-state index in [-0.39, 0.29) is 0 Å². The summed E-state index contributed by atoms with van der Waals surface area (Å²) in [5.74, 6) is 0. The van der Waals surface area contributed by atoms with Crippen LogP contribution in [0, 0.1) is 0 Å². The van der Waals surface area contributed by atoms with Crippen molar-refractivity contribution in [3.63, 3.8) is 0 Å². The fraction of sp³-hybridized carbons (Fsp3) is 1.00. The number of ether oxygens (including phenoxy) is 1. The van der Waals surface area contributed by atoms with Crippen LogP contribution in [0.2, 0.25) is 0 Å². The average molecular weight is 266 g/mol. The van der Waals surface area contributed by atoms with Crippen LogP contribution in [0.25, 0.3) is 0 Å². The molecule has 0 aromatic carbocycles. The molecule has 0 saturated carbocycles. The molecule has 3 heteroatoms. The van der Waals surface area contributed by atoms with E-state index in [4.69, 9.17) is 4.74 Å². The molecule has 3 atom stereocenters. The van der Waals surface area contributed by atoms with Gasteiger partial charge in [0, 0.05) is 31.3 Å². The van der Waals surface area contributed by atoms with E-state index in [1.165, 1.54) is 64.5 Å². The number of nitrogens with one attached hydrogen (secondary N) is 1. The molecule has 3 rings (SSSR count). The Morgan fingerprint density at radius 3 is 2.53 bits per heavy atom. The molecule has 0 aromatic heterocycles. The lowest BCUT2D eigenvalue weighted by Crippen LogP contribution is -2.57. The monoisotopic (exact) mass is 266 g/mol. The van der Waals surface area contributed by atoms with Gasteiger partial charge in [-0.1, -0.05) is 13.3 Å². The number of hydrogen-bond acceptors (Lipinski definition) is 3. The van der Waals surface area contributed by atoms with Crippen molar-refractivity contribution in [1.82, 2.24) is 10.2 Å². The maximum Gasteiger partial charge on any atom is 0.0703 e. The predicted octanol–water partition coefficient (Wildman–Crippen LogP) is 2.55. The molecule has 1 N–H and O–H groups in total. The number of hydrogen-bond donors (Lipinski definition) is 1. The van der Waals surface area contributed by atoms with E-state index >= 15 is 0 Å². The average Bonchev–Trinajstić information content (AvgIpc) is 2.89. The zero-order valence-electron chi connectivity index (χ0n) is 12.4. The van der Waals surface area contributed by atoms with Crippen molar-refractivity contribution < 1.29 is 4.74 Å². The first-order valence-corrected chi connectivity index (χ1v) is 8.47. The third-order valence-electron chi connectivity index (χ3n) is 5.25. The molecule has 0 spiro atoms.